The van der Waals surface area contributed by atoms with Crippen molar-refractivity contribution in [2.24, 2.45) is 0 Å². The van der Waals surface area contributed by atoms with E-state index >= 15 is 0 Å². The molecule has 4 rings (SSSR count). The van der Waals surface area contributed by atoms with Gasteiger partial charge in [-0.2, -0.15) is 0 Å². The first-order chi connectivity index (χ1) is 16.0. The number of amides is 2. The Balaban J connectivity index is 1.51. The van der Waals surface area contributed by atoms with E-state index < -0.39 is 0 Å². The first-order valence-corrected chi connectivity index (χ1v) is 12.5. The van der Waals surface area contributed by atoms with Gasteiger partial charge in [-0.3, -0.25) is 14.5 Å². The molecule has 1 aliphatic rings. The molecular formula is C28H30N2O2S. The fraction of sp³-hybridized carbons (Fsp3) is 0.286. The van der Waals surface area contributed by atoms with Crippen LogP contribution in [0.2, 0.25) is 0 Å². The van der Waals surface area contributed by atoms with Gasteiger partial charge in [0.25, 0.3) is 5.91 Å². The Morgan fingerprint density at radius 3 is 2.55 bits per heavy atom. The highest BCUT2D eigenvalue weighted by Crippen LogP contribution is 2.42. The van der Waals surface area contributed by atoms with E-state index in [0.717, 1.165) is 41.8 Å². The molecule has 1 N–H and O–H groups in total. The van der Waals surface area contributed by atoms with E-state index in [1.807, 2.05) is 59.5 Å². The van der Waals surface area contributed by atoms with Gasteiger partial charge in [-0.25, -0.2) is 0 Å². The second-order valence-electron chi connectivity index (χ2n) is 8.58. The summed E-state index contributed by atoms with van der Waals surface area (Å²) in [7, 11) is 0. The van der Waals surface area contributed by atoms with E-state index in [9.17, 15) is 9.59 Å². The highest BCUT2D eigenvalue weighted by atomic mass is 32.2. The molecule has 1 heterocycles. The smallest absolute Gasteiger partial charge is 0.255 e. The Bertz CT molecular complexity index is 1160. The second-order valence-corrected chi connectivity index (χ2v) is 9.64. The molecule has 1 saturated heterocycles. The number of carbonyl (C=O) groups excluding carboxylic acids is 2. The van der Waals surface area contributed by atoms with E-state index in [-0.39, 0.29) is 17.2 Å². The lowest BCUT2D eigenvalue weighted by Crippen LogP contribution is -2.28. The summed E-state index contributed by atoms with van der Waals surface area (Å²) in [6.45, 7) is 6.31. The summed E-state index contributed by atoms with van der Waals surface area (Å²) in [6, 6.07) is 21.8. The van der Waals surface area contributed by atoms with Crippen molar-refractivity contribution < 1.29 is 9.59 Å². The third kappa shape index (κ3) is 5.31. The topological polar surface area (TPSA) is 49.4 Å². The number of hydrogen-bond acceptors (Lipinski definition) is 3. The minimum absolute atomic E-state index is 0.103. The van der Waals surface area contributed by atoms with Crippen LogP contribution in [-0.2, 0) is 11.2 Å². The largest absolute Gasteiger partial charge is 0.322 e. The lowest BCUT2D eigenvalue weighted by Gasteiger charge is -2.25. The van der Waals surface area contributed by atoms with Crippen molar-refractivity contribution in [3.8, 4) is 0 Å². The summed E-state index contributed by atoms with van der Waals surface area (Å²) >= 11 is 1.61. The van der Waals surface area contributed by atoms with Gasteiger partial charge in [0.15, 0.2) is 0 Å². The number of unbranched alkanes of at least 4 members (excludes halogenated alkanes) is 1. The number of rotatable bonds is 7. The Hall–Kier alpha value is -3.05. The molecule has 0 radical (unpaired) electrons. The van der Waals surface area contributed by atoms with Gasteiger partial charge in [0, 0.05) is 16.9 Å². The Labute approximate surface area is 200 Å². The number of aryl methyl sites for hydroxylation is 3. The number of nitrogens with one attached hydrogen (secondary N) is 1. The summed E-state index contributed by atoms with van der Waals surface area (Å²) in [5.41, 5.74) is 6.91. The number of hydrogen-bond donors (Lipinski definition) is 1. The molecule has 3 aromatic carbocycles. The van der Waals surface area contributed by atoms with E-state index in [2.05, 4.69) is 38.2 Å². The van der Waals surface area contributed by atoms with Gasteiger partial charge in [0.05, 0.1) is 5.75 Å². The second kappa shape index (κ2) is 10.3. The Morgan fingerprint density at radius 2 is 1.82 bits per heavy atom. The molecule has 0 saturated carbocycles. The molecule has 170 valence electrons. The molecule has 3 aromatic rings. The molecule has 2 amide bonds. The summed E-state index contributed by atoms with van der Waals surface area (Å²) < 4.78 is 0. The fourth-order valence-corrected chi connectivity index (χ4v) is 5.17. The van der Waals surface area contributed by atoms with E-state index in [1.165, 1.54) is 11.1 Å². The van der Waals surface area contributed by atoms with Crippen molar-refractivity contribution in [3.05, 3.63) is 94.5 Å². The minimum Gasteiger partial charge on any atom is -0.322 e. The van der Waals surface area contributed by atoms with Crippen LogP contribution in [0.4, 0.5) is 11.4 Å². The maximum absolute atomic E-state index is 12.8. The van der Waals surface area contributed by atoms with Crippen LogP contribution in [-0.4, -0.2) is 17.6 Å². The average molecular weight is 459 g/mol. The van der Waals surface area contributed by atoms with Gasteiger partial charge in [-0.1, -0.05) is 43.7 Å². The van der Waals surface area contributed by atoms with Gasteiger partial charge in [-0.15, -0.1) is 11.8 Å². The van der Waals surface area contributed by atoms with Gasteiger partial charge in [0.1, 0.15) is 5.37 Å². The van der Waals surface area contributed by atoms with E-state index in [4.69, 9.17) is 0 Å². The molecule has 0 unspecified atom stereocenters. The van der Waals surface area contributed by atoms with Crippen molar-refractivity contribution in [2.75, 3.05) is 16.0 Å². The molecule has 0 bridgehead atoms. The quantitative estimate of drug-likeness (QED) is 0.430. The van der Waals surface area contributed by atoms with E-state index in [1.54, 1.807) is 11.8 Å². The standard InChI is InChI=1S/C28H30N2O2S/c1-4-5-7-21-11-13-22(14-12-21)27(32)29-24-9-6-8-23(17-24)28-30(26(31)18-33-28)25-15-10-19(2)20(3)16-25/h6,8-17,28H,4-5,7,18H2,1-3H3,(H,29,32)/t28-/m0/s1. The summed E-state index contributed by atoms with van der Waals surface area (Å²) in [5, 5.41) is 2.90. The lowest BCUT2D eigenvalue weighted by molar-refractivity contribution is -0.115. The van der Waals surface area contributed by atoms with Crippen LogP contribution >= 0.6 is 11.8 Å². The lowest BCUT2D eigenvalue weighted by atomic mass is 10.1. The normalized spacial score (nSPS) is 15.7. The first-order valence-electron chi connectivity index (χ1n) is 11.5. The number of nitrogens with zero attached hydrogens (tertiary/aromatic N) is 1. The van der Waals surface area contributed by atoms with Crippen molar-refractivity contribution in [3.63, 3.8) is 0 Å². The predicted molar refractivity (Wildman–Crippen MR) is 138 cm³/mol. The molecule has 0 aliphatic carbocycles. The molecule has 0 aromatic heterocycles. The molecule has 1 aliphatic heterocycles. The minimum atomic E-state index is -0.129. The molecule has 1 fully saturated rings. The highest BCUT2D eigenvalue weighted by molar-refractivity contribution is 8.00. The monoisotopic (exact) mass is 458 g/mol. The molecule has 33 heavy (non-hydrogen) atoms. The van der Waals surface area contributed by atoms with Crippen molar-refractivity contribution >= 4 is 35.0 Å². The van der Waals surface area contributed by atoms with Gasteiger partial charge < -0.3 is 5.32 Å². The van der Waals surface area contributed by atoms with Crippen molar-refractivity contribution in [1.82, 2.24) is 0 Å². The van der Waals surface area contributed by atoms with Crippen LogP contribution in [0.15, 0.2) is 66.7 Å². The zero-order chi connectivity index (χ0) is 23.4. The summed E-state index contributed by atoms with van der Waals surface area (Å²) in [6.07, 6.45) is 3.35. The molecule has 0 spiro atoms. The summed E-state index contributed by atoms with van der Waals surface area (Å²) in [4.78, 5) is 27.4. The van der Waals surface area contributed by atoms with Gasteiger partial charge in [-0.05, 0) is 85.3 Å². The Morgan fingerprint density at radius 1 is 1.03 bits per heavy atom. The molecule has 5 heteroatoms. The SMILES string of the molecule is CCCCc1ccc(C(=O)Nc2cccc([C@@H]3SCC(=O)N3c3ccc(C)c(C)c3)c2)cc1. The first kappa shape index (κ1) is 23.1. The van der Waals surface area contributed by atoms with Crippen LogP contribution in [0.3, 0.4) is 0 Å². The molecule has 4 nitrogen and oxygen atoms in total. The van der Waals surface area contributed by atoms with Crippen LogP contribution in [0.5, 0.6) is 0 Å². The summed E-state index contributed by atoms with van der Waals surface area (Å²) in [5.74, 6) is 0.416. The fourth-order valence-electron chi connectivity index (χ4n) is 4.00. The van der Waals surface area contributed by atoms with Crippen LogP contribution in [0.1, 0.15) is 57.8 Å². The maximum Gasteiger partial charge on any atom is 0.255 e. The van der Waals surface area contributed by atoms with Crippen LogP contribution in [0, 0.1) is 13.8 Å². The molecule has 1 atom stereocenters. The van der Waals surface area contributed by atoms with Crippen molar-refractivity contribution in [1.29, 1.82) is 0 Å². The zero-order valence-corrected chi connectivity index (χ0v) is 20.2. The number of thioether (sulfide) groups is 1. The number of carbonyl (C=O) groups is 2. The average Bonchev–Trinajstić information content (AvgIpc) is 3.21. The Kier molecular flexibility index (Phi) is 7.19. The molecular weight excluding hydrogens is 428 g/mol. The third-order valence-corrected chi connectivity index (χ3v) is 7.31. The van der Waals surface area contributed by atoms with Crippen LogP contribution < -0.4 is 10.2 Å². The number of benzene rings is 3. The zero-order valence-electron chi connectivity index (χ0n) is 19.4. The van der Waals surface area contributed by atoms with E-state index in [0.29, 0.717) is 11.3 Å². The van der Waals surface area contributed by atoms with Crippen molar-refractivity contribution in [2.45, 2.75) is 45.4 Å². The van der Waals surface area contributed by atoms with Gasteiger partial charge in [0.2, 0.25) is 5.91 Å². The van der Waals surface area contributed by atoms with Crippen LogP contribution in [0.25, 0.3) is 0 Å². The maximum atomic E-state index is 12.8. The van der Waals surface area contributed by atoms with Gasteiger partial charge >= 0.3 is 0 Å². The highest BCUT2D eigenvalue weighted by Gasteiger charge is 2.34. The number of anilines is 2. The third-order valence-electron chi connectivity index (χ3n) is 6.10. The predicted octanol–water partition coefficient (Wildman–Crippen LogP) is 6.68.